The first-order chi connectivity index (χ1) is 14.5. The molecule has 2 heterocycles. The number of carbonyl (C=O) groups is 1. The highest BCUT2D eigenvalue weighted by atomic mass is 35.5. The molecular weight excluding hydrogens is 411 g/mol. The van der Waals surface area contributed by atoms with Crippen LogP contribution in [0, 0.1) is 12.7 Å². The van der Waals surface area contributed by atoms with Crippen LogP contribution in [0.5, 0.6) is 0 Å². The SMILES string of the molecule is CO/N=C1\CC(c2nc(C)no2)N(C(=O)c2ccc(-c3ccc(F)cc3Cl)cc2)C1. The predicted molar refractivity (Wildman–Crippen MR) is 109 cm³/mol. The highest BCUT2D eigenvalue weighted by Crippen LogP contribution is 2.32. The molecule has 0 bridgehead atoms. The van der Waals surface area contributed by atoms with Crippen LogP contribution in [-0.2, 0) is 4.84 Å². The molecule has 4 rings (SSSR count). The standard InChI is InChI=1S/C21H18ClFN4O3/c1-12-24-20(30-25-12)19-10-16(26-29-2)11-27(19)21(28)14-5-3-13(4-6-14)17-8-7-15(23)9-18(17)22/h3-9,19H,10-11H2,1-2H3/b26-16+. The largest absolute Gasteiger partial charge is 0.399 e. The summed E-state index contributed by atoms with van der Waals surface area (Å²) in [6.45, 7) is 2.02. The number of likely N-dealkylation sites (tertiary alicyclic amines) is 1. The molecule has 7 nitrogen and oxygen atoms in total. The molecule has 0 saturated carbocycles. The number of halogens is 2. The maximum Gasteiger partial charge on any atom is 0.254 e. The number of nitrogens with zero attached hydrogens (tertiary/aromatic N) is 4. The third kappa shape index (κ3) is 3.91. The monoisotopic (exact) mass is 428 g/mol. The maximum atomic E-state index is 13.3. The molecule has 0 spiro atoms. The van der Waals surface area contributed by atoms with Gasteiger partial charge in [-0.1, -0.05) is 34.0 Å². The molecular formula is C21H18ClFN4O3. The maximum absolute atomic E-state index is 13.3. The Morgan fingerprint density at radius 3 is 2.70 bits per heavy atom. The molecule has 154 valence electrons. The van der Waals surface area contributed by atoms with E-state index < -0.39 is 11.9 Å². The fourth-order valence-electron chi connectivity index (χ4n) is 3.46. The van der Waals surface area contributed by atoms with E-state index in [1.807, 2.05) is 0 Å². The number of hydrogen-bond donors (Lipinski definition) is 0. The van der Waals surface area contributed by atoms with Crippen molar-refractivity contribution in [2.45, 2.75) is 19.4 Å². The summed E-state index contributed by atoms with van der Waals surface area (Å²) in [6, 6.07) is 10.8. The first kappa shape index (κ1) is 20.0. The number of aryl methyl sites for hydroxylation is 1. The molecule has 1 aliphatic rings. The van der Waals surface area contributed by atoms with Crippen LogP contribution in [0.4, 0.5) is 4.39 Å². The molecule has 1 aliphatic heterocycles. The van der Waals surface area contributed by atoms with Crippen molar-refractivity contribution < 1.29 is 18.5 Å². The Bertz CT molecular complexity index is 1110. The van der Waals surface area contributed by atoms with Gasteiger partial charge >= 0.3 is 0 Å². The molecule has 1 fully saturated rings. The number of oxime groups is 1. The van der Waals surface area contributed by atoms with Gasteiger partial charge in [0.1, 0.15) is 19.0 Å². The van der Waals surface area contributed by atoms with Gasteiger partial charge in [-0.05, 0) is 42.8 Å². The van der Waals surface area contributed by atoms with Gasteiger partial charge in [0.25, 0.3) is 5.91 Å². The normalized spacial score (nSPS) is 17.5. The Morgan fingerprint density at radius 1 is 1.30 bits per heavy atom. The zero-order valence-electron chi connectivity index (χ0n) is 16.3. The summed E-state index contributed by atoms with van der Waals surface area (Å²) in [5, 5.41) is 8.12. The average Bonchev–Trinajstić information content (AvgIpc) is 3.34. The Labute approximate surface area is 177 Å². The van der Waals surface area contributed by atoms with E-state index in [0.29, 0.717) is 46.5 Å². The lowest BCUT2D eigenvalue weighted by Gasteiger charge is -2.21. The van der Waals surface area contributed by atoms with Gasteiger partial charge in [-0.3, -0.25) is 4.79 Å². The summed E-state index contributed by atoms with van der Waals surface area (Å²) >= 11 is 6.14. The third-order valence-corrected chi connectivity index (χ3v) is 5.15. The van der Waals surface area contributed by atoms with Crippen LogP contribution in [0.15, 0.2) is 52.1 Å². The van der Waals surface area contributed by atoms with E-state index in [1.165, 1.54) is 19.2 Å². The van der Waals surface area contributed by atoms with E-state index in [2.05, 4.69) is 15.3 Å². The summed E-state index contributed by atoms with van der Waals surface area (Å²) in [4.78, 5) is 24.0. The molecule has 0 aliphatic carbocycles. The third-order valence-electron chi connectivity index (χ3n) is 4.84. The van der Waals surface area contributed by atoms with Crippen molar-refractivity contribution in [2.24, 2.45) is 5.16 Å². The van der Waals surface area contributed by atoms with Crippen molar-refractivity contribution in [3.8, 4) is 11.1 Å². The molecule has 9 heteroatoms. The second-order valence-electron chi connectivity index (χ2n) is 6.87. The van der Waals surface area contributed by atoms with Crippen molar-refractivity contribution >= 4 is 23.2 Å². The van der Waals surface area contributed by atoms with Crippen LogP contribution in [0.3, 0.4) is 0 Å². The highest BCUT2D eigenvalue weighted by Gasteiger charge is 2.38. The van der Waals surface area contributed by atoms with E-state index in [0.717, 1.165) is 5.56 Å². The molecule has 2 aromatic carbocycles. The van der Waals surface area contributed by atoms with Gasteiger partial charge in [-0.2, -0.15) is 4.98 Å². The number of rotatable bonds is 4. The van der Waals surface area contributed by atoms with Crippen LogP contribution in [0.2, 0.25) is 5.02 Å². The van der Waals surface area contributed by atoms with Crippen LogP contribution in [0.1, 0.15) is 34.5 Å². The number of amides is 1. The van der Waals surface area contributed by atoms with Crippen LogP contribution >= 0.6 is 11.6 Å². The lowest BCUT2D eigenvalue weighted by atomic mass is 10.0. The summed E-state index contributed by atoms with van der Waals surface area (Å²) in [5.41, 5.74) is 2.66. The minimum Gasteiger partial charge on any atom is -0.399 e. The van der Waals surface area contributed by atoms with Gasteiger partial charge in [0, 0.05) is 17.5 Å². The van der Waals surface area contributed by atoms with Crippen LogP contribution in [-0.4, -0.2) is 40.3 Å². The Balaban J connectivity index is 1.61. The first-order valence-electron chi connectivity index (χ1n) is 9.22. The van der Waals surface area contributed by atoms with Crippen molar-refractivity contribution in [1.82, 2.24) is 15.0 Å². The lowest BCUT2D eigenvalue weighted by Crippen LogP contribution is -2.31. The minimum atomic E-state index is -0.418. The molecule has 1 atom stereocenters. The van der Waals surface area contributed by atoms with Crippen molar-refractivity contribution in [1.29, 1.82) is 0 Å². The summed E-state index contributed by atoms with van der Waals surface area (Å²) < 4.78 is 18.6. The van der Waals surface area contributed by atoms with Gasteiger partial charge in [0.15, 0.2) is 5.82 Å². The zero-order chi connectivity index (χ0) is 21.3. The molecule has 1 amide bonds. The summed E-state index contributed by atoms with van der Waals surface area (Å²) in [5.74, 6) is 0.251. The number of carbonyl (C=O) groups excluding carboxylic acids is 1. The number of aromatic nitrogens is 2. The highest BCUT2D eigenvalue weighted by molar-refractivity contribution is 6.33. The molecule has 0 radical (unpaired) electrons. The minimum absolute atomic E-state index is 0.200. The van der Waals surface area contributed by atoms with E-state index in [-0.39, 0.29) is 5.91 Å². The van der Waals surface area contributed by atoms with Gasteiger partial charge in [-0.15, -0.1) is 0 Å². The number of benzene rings is 2. The molecule has 1 aromatic heterocycles. The van der Waals surface area contributed by atoms with Crippen LogP contribution in [0.25, 0.3) is 11.1 Å². The second kappa shape index (κ2) is 8.23. The topological polar surface area (TPSA) is 80.8 Å². The first-order valence-corrected chi connectivity index (χ1v) is 9.59. The molecule has 1 unspecified atom stereocenters. The number of hydrogen-bond acceptors (Lipinski definition) is 6. The van der Waals surface area contributed by atoms with E-state index in [9.17, 15) is 9.18 Å². The van der Waals surface area contributed by atoms with Crippen molar-refractivity contribution in [3.63, 3.8) is 0 Å². The average molecular weight is 429 g/mol. The van der Waals surface area contributed by atoms with Gasteiger partial charge < -0.3 is 14.3 Å². The van der Waals surface area contributed by atoms with Gasteiger partial charge in [0.2, 0.25) is 5.89 Å². The van der Waals surface area contributed by atoms with E-state index in [1.54, 1.807) is 42.2 Å². The smallest absolute Gasteiger partial charge is 0.254 e. The van der Waals surface area contributed by atoms with Gasteiger partial charge in [-0.25, -0.2) is 4.39 Å². The Kier molecular flexibility index (Phi) is 5.50. The fraction of sp³-hybridized carbons (Fsp3) is 0.238. The zero-order valence-corrected chi connectivity index (χ0v) is 17.1. The summed E-state index contributed by atoms with van der Waals surface area (Å²) in [6.07, 6.45) is 0.449. The lowest BCUT2D eigenvalue weighted by molar-refractivity contribution is 0.0713. The molecule has 30 heavy (non-hydrogen) atoms. The predicted octanol–water partition coefficient (Wildman–Crippen LogP) is 4.43. The quantitative estimate of drug-likeness (QED) is 0.574. The van der Waals surface area contributed by atoms with Crippen molar-refractivity contribution in [2.75, 3.05) is 13.7 Å². The van der Waals surface area contributed by atoms with E-state index in [4.69, 9.17) is 21.0 Å². The molecule has 3 aromatic rings. The molecule has 0 N–H and O–H groups in total. The van der Waals surface area contributed by atoms with Crippen LogP contribution < -0.4 is 0 Å². The fourth-order valence-corrected chi connectivity index (χ4v) is 3.74. The summed E-state index contributed by atoms with van der Waals surface area (Å²) in [7, 11) is 1.46. The Morgan fingerprint density at radius 2 is 2.07 bits per heavy atom. The Hall–Kier alpha value is -3.26. The van der Waals surface area contributed by atoms with E-state index >= 15 is 0 Å². The van der Waals surface area contributed by atoms with Gasteiger partial charge in [0.05, 0.1) is 17.3 Å². The molecule has 1 saturated heterocycles. The second-order valence-corrected chi connectivity index (χ2v) is 7.28. The van der Waals surface area contributed by atoms with Crippen molar-refractivity contribution in [3.05, 3.63) is 70.6 Å².